The predicted octanol–water partition coefficient (Wildman–Crippen LogP) is 2.00. The molecule has 0 spiro atoms. The second-order valence-corrected chi connectivity index (χ2v) is 8.48. The molecule has 0 unspecified atom stereocenters. The van der Waals surface area contributed by atoms with Gasteiger partial charge in [-0.1, -0.05) is 42.1 Å². The summed E-state index contributed by atoms with van der Waals surface area (Å²) in [5.74, 6) is 0.697. The SMILES string of the molecule is O=C(CSc1nnc(CN2CCCC2)n1Cc1ccccc1)NC(=O)NC1CC1. The number of aromatic nitrogens is 3. The molecule has 8 nitrogen and oxygen atoms in total. The molecule has 1 saturated carbocycles. The molecule has 1 aliphatic heterocycles. The number of thioether (sulfide) groups is 1. The Morgan fingerprint density at radius 2 is 1.83 bits per heavy atom. The minimum Gasteiger partial charge on any atom is -0.335 e. The van der Waals surface area contributed by atoms with Crippen LogP contribution in [0.4, 0.5) is 4.79 Å². The van der Waals surface area contributed by atoms with Gasteiger partial charge in [0.05, 0.1) is 18.8 Å². The molecular weight excluding hydrogens is 388 g/mol. The third kappa shape index (κ3) is 5.80. The summed E-state index contributed by atoms with van der Waals surface area (Å²) >= 11 is 1.31. The predicted molar refractivity (Wildman–Crippen MR) is 110 cm³/mol. The van der Waals surface area contributed by atoms with Crippen LogP contribution in [0.1, 0.15) is 37.1 Å². The Morgan fingerprint density at radius 3 is 2.55 bits per heavy atom. The van der Waals surface area contributed by atoms with Crippen LogP contribution in [-0.2, 0) is 17.9 Å². The van der Waals surface area contributed by atoms with E-state index in [4.69, 9.17) is 0 Å². The second-order valence-electron chi connectivity index (χ2n) is 7.54. The summed E-state index contributed by atoms with van der Waals surface area (Å²) in [5, 5.41) is 14.6. The van der Waals surface area contributed by atoms with Crippen molar-refractivity contribution in [3.8, 4) is 0 Å². The van der Waals surface area contributed by atoms with Crippen molar-refractivity contribution in [3.05, 3.63) is 41.7 Å². The zero-order valence-electron chi connectivity index (χ0n) is 16.3. The van der Waals surface area contributed by atoms with Crippen LogP contribution in [0.5, 0.6) is 0 Å². The lowest BCUT2D eigenvalue weighted by atomic mass is 10.2. The van der Waals surface area contributed by atoms with Crippen LogP contribution in [0.15, 0.2) is 35.5 Å². The van der Waals surface area contributed by atoms with E-state index in [1.54, 1.807) is 0 Å². The average molecular weight is 415 g/mol. The second kappa shape index (κ2) is 9.41. The zero-order valence-corrected chi connectivity index (χ0v) is 17.2. The van der Waals surface area contributed by atoms with Gasteiger partial charge in [-0.25, -0.2) is 4.79 Å². The Morgan fingerprint density at radius 1 is 1.07 bits per heavy atom. The van der Waals surface area contributed by atoms with Gasteiger partial charge in [0.25, 0.3) is 0 Å². The highest BCUT2D eigenvalue weighted by molar-refractivity contribution is 7.99. The normalized spacial score (nSPS) is 16.7. The molecule has 1 saturated heterocycles. The van der Waals surface area contributed by atoms with E-state index in [2.05, 4.69) is 42.4 Å². The topological polar surface area (TPSA) is 92.2 Å². The number of nitrogens with zero attached hydrogens (tertiary/aromatic N) is 4. The van der Waals surface area contributed by atoms with Gasteiger partial charge in [-0.15, -0.1) is 10.2 Å². The minimum absolute atomic E-state index is 0.120. The molecule has 2 heterocycles. The third-order valence-electron chi connectivity index (χ3n) is 5.04. The molecule has 2 N–H and O–H groups in total. The number of carbonyl (C=O) groups excluding carboxylic acids is 2. The lowest BCUT2D eigenvalue weighted by Gasteiger charge is -2.16. The van der Waals surface area contributed by atoms with Gasteiger partial charge in [-0.2, -0.15) is 0 Å². The molecule has 9 heteroatoms. The van der Waals surface area contributed by atoms with Crippen molar-refractivity contribution in [1.82, 2.24) is 30.3 Å². The van der Waals surface area contributed by atoms with E-state index in [-0.39, 0.29) is 17.7 Å². The van der Waals surface area contributed by atoms with Crippen LogP contribution in [0.3, 0.4) is 0 Å². The lowest BCUT2D eigenvalue weighted by molar-refractivity contribution is -0.117. The maximum Gasteiger partial charge on any atom is 0.321 e. The summed E-state index contributed by atoms with van der Waals surface area (Å²) in [4.78, 5) is 26.2. The van der Waals surface area contributed by atoms with Gasteiger partial charge in [0.1, 0.15) is 5.82 Å². The van der Waals surface area contributed by atoms with E-state index >= 15 is 0 Å². The van der Waals surface area contributed by atoms with E-state index < -0.39 is 6.03 Å². The number of urea groups is 1. The molecule has 4 rings (SSSR count). The van der Waals surface area contributed by atoms with E-state index in [0.717, 1.165) is 43.9 Å². The van der Waals surface area contributed by atoms with E-state index in [1.807, 2.05) is 18.2 Å². The summed E-state index contributed by atoms with van der Waals surface area (Å²) in [7, 11) is 0. The van der Waals surface area contributed by atoms with E-state index in [0.29, 0.717) is 11.7 Å². The Hall–Kier alpha value is -2.39. The molecule has 1 aromatic carbocycles. The van der Waals surface area contributed by atoms with Gasteiger partial charge in [0, 0.05) is 6.04 Å². The van der Waals surface area contributed by atoms with Crippen LogP contribution in [0.25, 0.3) is 0 Å². The Kier molecular flexibility index (Phi) is 6.46. The first-order valence-corrected chi connectivity index (χ1v) is 11.1. The number of benzene rings is 1. The molecule has 0 bridgehead atoms. The smallest absolute Gasteiger partial charge is 0.321 e. The number of likely N-dealkylation sites (tertiary alicyclic amines) is 1. The number of imide groups is 1. The molecule has 0 radical (unpaired) electrons. The summed E-state index contributed by atoms with van der Waals surface area (Å²) in [6.45, 7) is 3.58. The molecular formula is C20H26N6O2S. The fraction of sp³-hybridized carbons (Fsp3) is 0.500. The van der Waals surface area contributed by atoms with Gasteiger partial charge in [-0.05, 0) is 44.3 Å². The fourth-order valence-electron chi connectivity index (χ4n) is 3.35. The summed E-state index contributed by atoms with van der Waals surface area (Å²) < 4.78 is 2.08. The first kappa shape index (κ1) is 19.9. The largest absolute Gasteiger partial charge is 0.335 e. The molecule has 0 atom stereocenters. The monoisotopic (exact) mass is 414 g/mol. The Bertz CT molecular complexity index is 846. The number of nitrogens with one attached hydrogen (secondary N) is 2. The summed E-state index contributed by atoms with van der Waals surface area (Å²) in [6.07, 6.45) is 4.41. The fourth-order valence-corrected chi connectivity index (χ4v) is 4.11. The van der Waals surface area contributed by atoms with Crippen molar-refractivity contribution < 1.29 is 9.59 Å². The van der Waals surface area contributed by atoms with Gasteiger partial charge in [0.15, 0.2) is 5.16 Å². The maximum absolute atomic E-state index is 12.1. The van der Waals surface area contributed by atoms with Gasteiger partial charge >= 0.3 is 6.03 Å². The number of hydrogen-bond acceptors (Lipinski definition) is 6. The summed E-state index contributed by atoms with van der Waals surface area (Å²) in [5.41, 5.74) is 1.16. The highest BCUT2D eigenvalue weighted by atomic mass is 32.2. The van der Waals surface area contributed by atoms with Crippen molar-refractivity contribution in [1.29, 1.82) is 0 Å². The van der Waals surface area contributed by atoms with Crippen LogP contribution in [-0.4, -0.2) is 56.5 Å². The van der Waals surface area contributed by atoms with Crippen molar-refractivity contribution in [3.63, 3.8) is 0 Å². The molecule has 1 aliphatic carbocycles. The van der Waals surface area contributed by atoms with Gasteiger partial charge in [0.2, 0.25) is 5.91 Å². The van der Waals surface area contributed by atoms with Crippen LogP contribution in [0.2, 0.25) is 0 Å². The van der Waals surface area contributed by atoms with Gasteiger partial charge in [-0.3, -0.25) is 15.0 Å². The average Bonchev–Trinajstić information content (AvgIpc) is 3.22. The molecule has 2 aromatic rings. The first-order valence-electron chi connectivity index (χ1n) is 10.1. The van der Waals surface area contributed by atoms with Crippen molar-refractivity contribution in [2.24, 2.45) is 0 Å². The zero-order chi connectivity index (χ0) is 20.1. The minimum atomic E-state index is -0.418. The summed E-state index contributed by atoms with van der Waals surface area (Å²) in [6, 6.07) is 9.97. The standard InChI is InChI=1S/C20H26N6O2S/c27-18(22-19(28)21-16-8-9-16)14-29-20-24-23-17(13-25-10-4-5-11-25)26(20)12-15-6-2-1-3-7-15/h1-3,6-7,16H,4-5,8-14H2,(H2,21,22,27,28). The number of hydrogen-bond donors (Lipinski definition) is 2. The van der Waals surface area contributed by atoms with Crippen molar-refractivity contribution in [2.75, 3.05) is 18.8 Å². The number of amides is 3. The van der Waals surface area contributed by atoms with Gasteiger partial charge < -0.3 is 9.88 Å². The molecule has 29 heavy (non-hydrogen) atoms. The highest BCUT2D eigenvalue weighted by Crippen LogP contribution is 2.21. The number of rotatable bonds is 8. The molecule has 1 aromatic heterocycles. The Labute approximate surface area is 174 Å². The Balaban J connectivity index is 1.41. The quantitative estimate of drug-likeness (QED) is 0.642. The molecule has 2 aliphatic rings. The van der Waals surface area contributed by atoms with Crippen molar-refractivity contribution >= 4 is 23.7 Å². The molecule has 2 fully saturated rings. The maximum atomic E-state index is 12.1. The lowest BCUT2D eigenvalue weighted by Crippen LogP contribution is -2.41. The molecule has 3 amide bonds. The first-order chi connectivity index (χ1) is 14.2. The van der Waals surface area contributed by atoms with Crippen molar-refractivity contribution in [2.45, 2.75) is 50.0 Å². The van der Waals surface area contributed by atoms with E-state index in [9.17, 15) is 9.59 Å². The van der Waals surface area contributed by atoms with Crippen LogP contribution < -0.4 is 10.6 Å². The number of carbonyl (C=O) groups is 2. The third-order valence-corrected chi connectivity index (χ3v) is 6.01. The highest BCUT2D eigenvalue weighted by Gasteiger charge is 2.24. The van der Waals surface area contributed by atoms with E-state index in [1.165, 1.54) is 24.6 Å². The van der Waals surface area contributed by atoms with Crippen LogP contribution in [0, 0.1) is 0 Å². The molecule has 154 valence electrons. The van der Waals surface area contributed by atoms with Crippen LogP contribution >= 0.6 is 11.8 Å².